The summed E-state index contributed by atoms with van der Waals surface area (Å²) in [5, 5.41) is 3.06. The Morgan fingerprint density at radius 3 is 2.62 bits per heavy atom. The smallest absolute Gasteiger partial charge is 0.215 e. The number of nitrogens with zero attached hydrogens (tertiary/aromatic N) is 1. The van der Waals surface area contributed by atoms with Crippen molar-refractivity contribution in [2.45, 2.75) is 27.2 Å². The largest absolute Gasteiger partial charge is 0.316 e. The molecule has 1 unspecified atom stereocenters. The SMILES string of the molecule is CCNCCS(=O)(=O)N1CCC(C(C)C)C1. The first-order chi connectivity index (χ1) is 7.47. The Hall–Kier alpha value is -0.130. The zero-order valence-corrected chi connectivity index (χ0v) is 11.4. The molecule has 0 aromatic rings. The lowest BCUT2D eigenvalue weighted by molar-refractivity contribution is 0.388. The Morgan fingerprint density at radius 2 is 2.12 bits per heavy atom. The molecule has 1 saturated heterocycles. The Bertz CT molecular complexity index is 301. The molecule has 0 aromatic carbocycles. The van der Waals surface area contributed by atoms with Gasteiger partial charge in [0.1, 0.15) is 0 Å². The van der Waals surface area contributed by atoms with Crippen molar-refractivity contribution in [2.75, 3.05) is 31.9 Å². The van der Waals surface area contributed by atoms with E-state index in [2.05, 4.69) is 19.2 Å². The highest BCUT2D eigenvalue weighted by Gasteiger charge is 2.31. The Labute approximate surface area is 99.5 Å². The van der Waals surface area contributed by atoms with Crippen LogP contribution in [0.4, 0.5) is 0 Å². The topological polar surface area (TPSA) is 49.4 Å². The van der Waals surface area contributed by atoms with Crippen molar-refractivity contribution < 1.29 is 8.42 Å². The van der Waals surface area contributed by atoms with Gasteiger partial charge in [-0.05, 0) is 24.8 Å². The molecule has 1 rings (SSSR count). The first-order valence-electron chi connectivity index (χ1n) is 6.16. The zero-order chi connectivity index (χ0) is 12.2. The van der Waals surface area contributed by atoms with Crippen LogP contribution in [-0.2, 0) is 10.0 Å². The van der Waals surface area contributed by atoms with Gasteiger partial charge in [0.2, 0.25) is 10.0 Å². The summed E-state index contributed by atoms with van der Waals surface area (Å²) < 4.78 is 25.6. The van der Waals surface area contributed by atoms with E-state index < -0.39 is 10.0 Å². The molecule has 96 valence electrons. The van der Waals surface area contributed by atoms with Gasteiger partial charge in [-0.2, -0.15) is 0 Å². The molecule has 0 amide bonds. The monoisotopic (exact) mass is 248 g/mol. The van der Waals surface area contributed by atoms with Gasteiger partial charge in [0.15, 0.2) is 0 Å². The minimum absolute atomic E-state index is 0.228. The third kappa shape index (κ3) is 3.71. The third-order valence-corrected chi connectivity index (χ3v) is 5.15. The van der Waals surface area contributed by atoms with E-state index in [1.54, 1.807) is 4.31 Å². The van der Waals surface area contributed by atoms with Gasteiger partial charge in [-0.3, -0.25) is 0 Å². The van der Waals surface area contributed by atoms with Crippen molar-refractivity contribution in [3.05, 3.63) is 0 Å². The van der Waals surface area contributed by atoms with E-state index in [4.69, 9.17) is 0 Å². The average molecular weight is 248 g/mol. The van der Waals surface area contributed by atoms with E-state index in [0.717, 1.165) is 13.0 Å². The second-order valence-electron chi connectivity index (χ2n) is 4.82. The van der Waals surface area contributed by atoms with Crippen LogP contribution in [0.25, 0.3) is 0 Å². The van der Waals surface area contributed by atoms with E-state index in [0.29, 0.717) is 31.5 Å². The number of hydrogen-bond donors (Lipinski definition) is 1. The van der Waals surface area contributed by atoms with E-state index in [1.165, 1.54) is 0 Å². The van der Waals surface area contributed by atoms with Crippen LogP contribution < -0.4 is 5.32 Å². The van der Waals surface area contributed by atoms with Gasteiger partial charge >= 0.3 is 0 Å². The van der Waals surface area contributed by atoms with Crippen molar-refractivity contribution in [2.24, 2.45) is 11.8 Å². The number of hydrogen-bond acceptors (Lipinski definition) is 3. The lowest BCUT2D eigenvalue weighted by Crippen LogP contribution is -2.35. The Balaban J connectivity index is 2.45. The van der Waals surface area contributed by atoms with Gasteiger partial charge in [-0.15, -0.1) is 0 Å². The van der Waals surface area contributed by atoms with E-state index in [9.17, 15) is 8.42 Å². The fraction of sp³-hybridized carbons (Fsp3) is 1.00. The molecule has 1 N–H and O–H groups in total. The van der Waals surface area contributed by atoms with Gasteiger partial charge in [-0.1, -0.05) is 20.8 Å². The molecule has 5 heteroatoms. The maximum absolute atomic E-state index is 12.0. The summed E-state index contributed by atoms with van der Waals surface area (Å²) in [7, 11) is -3.03. The number of sulfonamides is 1. The van der Waals surface area contributed by atoms with Crippen LogP contribution in [0.15, 0.2) is 0 Å². The van der Waals surface area contributed by atoms with Crippen LogP contribution in [0.2, 0.25) is 0 Å². The molecule has 0 radical (unpaired) electrons. The van der Waals surface area contributed by atoms with Crippen molar-refractivity contribution in [3.8, 4) is 0 Å². The molecule has 16 heavy (non-hydrogen) atoms. The van der Waals surface area contributed by atoms with Gasteiger partial charge in [0.25, 0.3) is 0 Å². The quantitative estimate of drug-likeness (QED) is 0.711. The fourth-order valence-electron chi connectivity index (χ4n) is 2.06. The molecule has 0 aromatic heterocycles. The summed E-state index contributed by atoms with van der Waals surface area (Å²) in [6.07, 6.45) is 1.01. The maximum Gasteiger partial charge on any atom is 0.215 e. The molecule has 1 aliphatic rings. The van der Waals surface area contributed by atoms with E-state index in [-0.39, 0.29) is 5.75 Å². The van der Waals surface area contributed by atoms with Crippen LogP contribution in [0.5, 0.6) is 0 Å². The molecule has 1 heterocycles. The Morgan fingerprint density at radius 1 is 1.44 bits per heavy atom. The molecular formula is C11H24N2O2S. The molecule has 0 bridgehead atoms. The molecule has 0 spiro atoms. The summed E-state index contributed by atoms with van der Waals surface area (Å²) in [6.45, 7) is 9.12. The minimum atomic E-state index is -3.03. The summed E-state index contributed by atoms with van der Waals surface area (Å²) in [6, 6.07) is 0. The lowest BCUT2D eigenvalue weighted by Gasteiger charge is -2.18. The highest BCUT2D eigenvalue weighted by molar-refractivity contribution is 7.89. The molecular weight excluding hydrogens is 224 g/mol. The highest BCUT2D eigenvalue weighted by atomic mass is 32.2. The van der Waals surface area contributed by atoms with E-state index in [1.807, 2.05) is 6.92 Å². The third-order valence-electron chi connectivity index (χ3n) is 3.31. The first-order valence-corrected chi connectivity index (χ1v) is 7.76. The second-order valence-corrected chi connectivity index (χ2v) is 6.91. The fourth-order valence-corrected chi connectivity index (χ4v) is 3.52. The zero-order valence-electron chi connectivity index (χ0n) is 10.6. The Kier molecular flexibility index (Phi) is 5.21. The van der Waals surface area contributed by atoms with Crippen molar-refractivity contribution in [1.29, 1.82) is 0 Å². The summed E-state index contributed by atoms with van der Waals surface area (Å²) in [5.74, 6) is 1.34. The standard InChI is InChI=1S/C11H24N2O2S/c1-4-12-6-8-16(14,15)13-7-5-11(9-13)10(2)3/h10-12H,4-9H2,1-3H3. The van der Waals surface area contributed by atoms with Gasteiger partial charge in [0.05, 0.1) is 5.75 Å². The van der Waals surface area contributed by atoms with Crippen molar-refractivity contribution in [1.82, 2.24) is 9.62 Å². The molecule has 0 aliphatic carbocycles. The normalized spacial score (nSPS) is 23.1. The first kappa shape index (κ1) is 13.9. The summed E-state index contributed by atoms with van der Waals surface area (Å²) in [5.41, 5.74) is 0. The van der Waals surface area contributed by atoms with Crippen LogP contribution >= 0.6 is 0 Å². The predicted octanol–water partition coefficient (Wildman–Crippen LogP) is 0.904. The average Bonchev–Trinajstić information content (AvgIpc) is 2.67. The highest BCUT2D eigenvalue weighted by Crippen LogP contribution is 2.25. The lowest BCUT2D eigenvalue weighted by atomic mass is 9.96. The van der Waals surface area contributed by atoms with Crippen LogP contribution in [-0.4, -0.2) is 44.7 Å². The van der Waals surface area contributed by atoms with Gasteiger partial charge in [0, 0.05) is 19.6 Å². The number of nitrogens with one attached hydrogen (secondary N) is 1. The molecule has 0 saturated carbocycles. The maximum atomic E-state index is 12.0. The molecule has 1 atom stereocenters. The van der Waals surface area contributed by atoms with Gasteiger partial charge in [-0.25, -0.2) is 12.7 Å². The van der Waals surface area contributed by atoms with Crippen LogP contribution in [0.1, 0.15) is 27.2 Å². The molecule has 4 nitrogen and oxygen atoms in total. The number of rotatable bonds is 6. The predicted molar refractivity (Wildman–Crippen MR) is 66.8 cm³/mol. The van der Waals surface area contributed by atoms with Crippen molar-refractivity contribution >= 4 is 10.0 Å². The molecule has 1 fully saturated rings. The second kappa shape index (κ2) is 5.98. The van der Waals surface area contributed by atoms with Crippen LogP contribution in [0, 0.1) is 11.8 Å². The van der Waals surface area contributed by atoms with Gasteiger partial charge < -0.3 is 5.32 Å². The summed E-state index contributed by atoms with van der Waals surface area (Å²) >= 11 is 0. The minimum Gasteiger partial charge on any atom is -0.316 e. The van der Waals surface area contributed by atoms with Crippen LogP contribution in [0.3, 0.4) is 0 Å². The molecule has 1 aliphatic heterocycles. The van der Waals surface area contributed by atoms with E-state index >= 15 is 0 Å². The summed E-state index contributed by atoms with van der Waals surface area (Å²) in [4.78, 5) is 0. The van der Waals surface area contributed by atoms with Crippen molar-refractivity contribution in [3.63, 3.8) is 0 Å².